The Hall–Kier alpha value is -0.680. The fourth-order valence-corrected chi connectivity index (χ4v) is 4.00. The third-order valence-electron chi connectivity index (χ3n) is 4.35. The Labute approximate surface area is 120 Å². The van der Waals surface area contributed by atoms with Crippen LogP contribution in [0.5, 0.6) is 0 Å². The van der Waals surface area contributed by atoms with Gasteiger partial charge in [0.1, 0.15) is 5.82 Å². The molecule has 0 spiro atoms. The second-order valence-corrected chi connectivity index (χ2v) is 6.42. The van der Waals surface area contributed by atoms with Crippen LogP contribution in [0.4, 0.5) is 5.13 Å². The number of hydrogen-bond acceptors (Lipinski definition) is 5. The second-order valence-electron chi connectivity index (χ2n) is 5.69. The summed E-state index contributed by atoms with van der Waals surface area (Å²) in [6.45, 7) is 7.03. The van der Waals surface area contributed by atoms with Crippen LogP contribution in [-0.2, 0) is 6.42 Å². The first-order valence-corrected chi connectivity index (χ1v) is 8.45. The molecule has 106 valence electrons. The molecule has 19 heavy (non-hydrogen) atoms. The molecule has 0 saturated carbocycles. The summed E-state index contributed by atoms with van der Waals surface area (Å²) in [5.41, 5.74) is 0. The summed E-state index contributed by atoms with van der Waals surface area (Å²) in [6.07, 6.45) is 7.73. The SMILES string of the molecule is CCc1nsc(N2CCCCC(N3CCCC3)C2)n1. The van der Waals surface area contributed by atoms with Crippen molar-refractivity contribution in [3.8, 4) is 0 Å². The maximum atomic E-state index is 4.67. The highest BCUT2D eigenvalue weighted by atomic mass is 32.1. The predicted molar refractivity (Wildman–Crippen MR) is 79.9 cm³/mol. The Morgan fingerprint density at radius 3 is 2.68 bits per heavy atom. The van der Waals surface area contributed by atoms with Gasteiger partial charge in [-0.3, -0.25) is 4.90 Å². The van der Waals surface area contributed by atoms with Crippen molar-refractivity contribution in [3.05, 3.63) is 5.82 Å². The van der Waals surface area contributed by atoms with Gasteiger partial charge in [0.2, 0.25) is 5.13 Å². The number of likely N-dealkylation sites (tertiary alicyclic amines) is 1. The fourth-order valence-electron chi connectivity index (χ4n) is 3.21. The summed E-state index contributed by atoms with van der Waals surface area (Å²) in [7, 11) is 0. The van der Waals surface area contributed by atoms with Crippen molar-refractivity contribution in [2.75, 3.05) is 31.1 Å². The molecular formula is C14H24N4S. The predicted octanol–water partition coefficient (Wildman–Crippen LogP) is 2.56. The molecule has 0 aromatic carbocycles. The van der Waals surface area contributed by atoms with Crippen LogP contribution in [0.25, 0.3) is 0 Å². The van der Waals surface area contributed by atoms with Crippen LogP contribution in [0, 0.1) is 0 Å². The molecule has 4 nitrogen and oxygen atoms in total. The molecule has 2 fully saturated rings. The molecule has 1 aromatic rings. The van der Waals surface area contributed by atoms with Crippen LogP contribution in [0.2, 0.25) is 0 Å². The Morgan fingerprint density at radius 2 is 1.95 bits per heavy atom. The average molecular weight is 280 g/mol. The van der Waals surface area contributed by atoms with Gasteiger partial charge in [0.05, 0.1) is 0 Å². The van der Waals surface area contributed by atoms with Gasteiger partial charge in [0.25, 0.3) is 0 Å². The van der Waals surface area contributed by atoms with Crippen molar-refractivity contribution in [2.45, 2.75) is 51.5 Å². The van der Waals surface area contributed by atoms with Gasteiger partial charge in [-0.25, -0.2) is 4.98 Å². The maximum Gasteiger partial charge on any atom is 0.205 e. The van der Waals surface area contributed by atoms with E-state index in [1.807, 2.05) is 0 Å². The molecule has 3 heterocycles. The summed E-state index contributed by atoms with van der Waals surface area (Å²) in [5, 5.41) is 1.14. The van der Waals surface area contributed by atoms with Crippen molar-refractivity contribution < 1.29 is 0 Å². The third-order valence-corrected chi connectivity index (χ3v) is 5.16. The lowest BCUT2D eigenvalue weighted by Gasteiger charge is -2.30. The van der Waals surface area contributed by atoms with Gasteiger partial charge in [0.15, 0.2) is 0 Å². The van der Waals surface area contributed by atoms with E-state index in [1.165, 1.54) is 45.2 Å². The lowest BCUT2D eigenvalue weighted by Crippen LogP contribution is -2.41. The van der Waals surface area contributed by atoms with Gasteiger partial charge >= 0.3 is 0 Å². The zero-order valence-electron chi connectivity index (χ0n) is 11.8. The zero-order valence-corrected chi connectivity index (χ0v) is 12.7. The summed E-state index contributed by atoms with van der Waals surface area (Å²) >= 11 is 1.58. The second kappa shape index (κ2) is 6.18. The Balaban J connectivity index is 1.69. The molecule has 2 aliphatic heterocycles. The van der Waals surface area contributed by atoms with Crippen molar-refractivity contribution in [1.82, 2.24) is 14.3 Å². The Bertz CT molecular complexity index is 400. The smallest absolute Gasteiger partial charge is 0.205 e. The number of rotatable bonds is 3. The molecule has 0 radical (unpaired) electrons. The summed E-state index contributed by atoms with van der Waals surface area (Å²) in [6, 6.07) is 0.735. The van der Waals surface area contributed by atoms with Crippen LogP contribution in [0.15, 0.2) is 0 Å². The Kier molecular flexibility index (Phi) is 4.33. The quantitative estimate of drug-likeness (QED) is 0.852. The molecular weight excluding hydrogens is 256 g/mol. The highest BCUT2D eigenvalue weighted by Gasteiger charge is 2.27. The van der Waals surface area contributed by atoms with Gasteiger partial charge in [-0.2, -0.15) is 4.37 Å². The highest BCUT2D eigenvalue weighted by molar-refractivity contribution is 7.09. The van der Waals surface area contributed by atoms with Gasteiger partial charge < -0.3 is 4.90 Å². The molecule has 0 amide bonds. The molecule has 0 bridgehead atoms. The Morgan fingerprint density at radius 1 is 1.16 bits per heavy atom. The summed E-state index contributed by atoms with van der Waals surface area (Å²) in [4.78, 5) is 9.84. The van der Waals surface area contributed by atoms with Gasteiger partial charge in [-0.05, 0) is 38.8 Å². The van der Waals surface area contributed by atoms with E-state index in [0.717, 1.165) is 36.5 Å². The van der Waals surface area contributed by atoms with Crippen molar-refractivity contribution in [3.63, 3.8) is 0 Å². The van der Waals surface area contributed by atoms with Gasteiger partial charge in [0, 0.05) is 37.1 Å². The number of aryl methyl sites for hydroxylation is 1. The lowest BCUT2D eigenvalue weighted by atomic mass is 10.1. The molecule has 1 aromatic heterocycles. The molecule has 3 rings (SSSR count). The first-order valence-electron chi connectivity index (χ1n) is 7.68. The van der Waals surface area contributed by atoms with Crippen LogP contribution < -0.4 is 4.90 Å². The molecule has 2 saturated heterocycles. The number of hydrogen-bond donors (Lipinski definition) is 0. The van der Waals surface area contributed by atoms with Crippen LogP contribution in [-0.4, -0.2) is 46.5 Å². The standard InChI is InChI=1S/C14H24N4S/c1-2-13-15-14(19-16-13)18-10-4-3-7-12(11-18)17-8-5-6-9-17/h12H,2-11H2,1H3. The van der Waals surface area contributed by atoms with Crippen molar-refractivity contribution in [1.29, 1.82) is 0 Å². The van der Waals surface area contributed by atoms with E-state index in [1.54, 1.807) is 11.5 Å². The molecule has 0 aliphatic carbocycles. The van der Waals surface area contributed by atoms with E-state index in [9.17, 15) is 0 Å². The minimum atomic E-state index is 0.735. The normalized spacial score (nSPS) is 25.7. The van der Waals surface area contributed by atoms with E-state index in [4.69, 9.17) is 0 Å². The minimum absolute atomic E-state index is 0.735. The van der Waals surface area contributed by atoms with E-state index >= 15 is 0 Å². The minimum Gasteiger partial charge on any atom is -0.345 e. The third kappa shape index (κ3) is 3.08. The molecule has 5 heteroatoms. The van der Waals surface area contributed by atoms with Crippen LogP contribution in [0.3, 0.4) is 0 Å². The molecule has 1 unspecified atom stereocenters. The molecule has 2 aliphatic rings. The van der Waals surface area contributed by atoms with Crippen molar-refractivity contribution in [2.24, 2.45) is 0 Å². The van der Waals surface area contributed by atoms with Gasteiger partial charge in [-0.15, -0.1) is 0 Å². The maximum absolute atomic E-state index is 4.67. The number of nitrogens with zero attached hydrogens (tertiary/aromatic N) is 4. The van der Waals surface area contributed by atoms with Crippen LogP contribution >= 0.6 is 11.5 Å². The lowest BCUT2D eigenvalue weighted by molar-refractivity contribution is 0.236. The topological polar surface area (TPSA) is 32.3 Å². The first-order chi connectivity index (χ1) is 9.36. The van der Waals surface area contributed by atoms with E-state index in [-0.39, 0.29) is 0 Å². The number of anilines is 1. The highest BCUT2D eigenvalue weighted by Crippen LogP contribution is 2.25. The van der Waals surface area contributed by atoms with Crippen molar-refractivity contribution >= 4 is 16.7 Å². The summed E-state index contributed by atoms with van der Waals surface area (Å²) < 4.78 is 4.44. The summed E-state index contributed by atoms with van der Waals surface area (Å²) in [5.74, 6) is 1.00. The number of aromatic nitrogens is 2. The van der Waals surface area contributed by atoms with E-state index in [2.05, 4.69) is 26.1 Å². The van der Waals surface area contributed by atoms with E-state index < -0.39 is 0 Å². The largest absolute Gasteiger partial charge is 0.345 e. The zero-order chi connectivity index (χ0) is 13.1. The monoisotopic (exact) mass is 280 g/mol. The average Bonchev–Trinajstić information content (AvgIpc) is 3.07. The van der Waals surface area contributed by atoms with Gasteiger partial charge in [-0.1, -0.05) is 13.3 Å². The fraction of sp³-hybridized carbons (Fsp3) is 0.857. The van der Waals surface area contributed by atoms with Crippen LogP contribution in [0.1, 0.15) is 44.9 Å². The molecule has 1 atom stereocenters. The first kappa shape index (κ1) is 13.3. The molecule has 0 N–H and O–H groups in total. The van der Waals surface area contributed by atoms with E-state index in [0.29, 0.717) is 0 Å².